The average molecular weight is 318 g/mol. The van der Waals surface area contributed by atoms with E-state index in [4.69, 9.17) is 28.9 Å². The Kier molecular flexibility index (Phi) is 7.36. The van der Waals surface area contributed by atoms with Crippen molar-refractivity contribution in [2.75, 3.05) is 18.4 Å². The summed E-state index contributed by atoms with van der Waals surface area (Å²) in [6.45, 7) is 0.787. The molecule has 0 saturated carbocycles. The molecule has 1 aromatic carbocycles. The first-order valence-corrected chi connectivity index (χ1v) is 6.99. The summed E-state index contributed by atoms with van der Waals surface area (Å²) in [6, 6.07) is 5.01. The summed E-state index contributed by atoms with van der Waals surface area (Å²) in [7, 11) is 0. The van der Waals surface area contributed by atoms with Crippen molar-refractivity contribution in [1.82, 2.24) is 5.32 Å². The highest BCUT2D eigenvalue weighted by Crippen LogP contribution is 2.29. The minimum atomic E-state index is -0.309. The van der Waals surface area contributed by atoms with Crippen LogP contribution in [-0.4, -0.2) is 24.9 Å². The van der Waals surface area contributed by atoms with Crippen molar-refractivity contribution in [2.45, 2.75) is 19.3 Å². The van der Waals surface area contributed by atoms with E-state index in [-0.39, 0.29) is 18.4 Å². The van der Waals surface area contributed by atoms with E-state index in [0.29, 0.717) is 35.1 Å². The zero-order valence-electron chi connectivity index (χ0n) is 10.9. The molecular formula is C13H17Cl2N3O2. The maximum absolute atomic E-state index is 11.7. The molecule has 0 aromatic heterocycles. The highest BCUT2D eigenvalue weighted by Gasteiger charge is 2.08. The molecule has 7 heteroatoms. The predicted octanol–water partition coefficient (Wildman–Crippen LogP) is 2.18. The second-order valence-corrected chi connectivity index (χ2v) is 5.06. The van der Waals surface area contributed by atoms with Crippen molar-refractivity contribution in [3.05, 3.63) is 28.2 Å². The Morgan fingerprint density at radius 2 is 1.80 bits per heavy atom. The molecule has 0 unspecified atom stereocenters. The van der Waals surface area contributed by atoms with Crippen molar-refractivity contribution in [2.24, 2.45) is 5.73 Å². The molecule has 2 amide bonds. The van der Waals surface area contributed by atoms with Crippen LogP contribution in [0.5, 0.6) is 0 Å². The minimum Gasteiger partial charge on any atom is -0.370 e. The summed E-state index contributed by atoms with van der Waals surface area (Å²) in [4.78, 5) is 22.2. The number of para-hydroxylation sites is 1. The summed E-state index contributed by atoms with van der Waals surface area (Å²) < 4.78 is 0. The Morgan fingerprint density at radius 1 is 1.15 bits per heavy atom. The van der Waals surface area contributed by atoms with Gasteiger partial charge in [-0.25, -0.2) is 0 Å². The quantitative estimate of drug-likeness (QED) is 0.642. The second-order valence-electron chi connectivity index (χ2n) is 4.25. The molecule has 0 radical (unpaired) electrons. The van der Waals surface area contributed by atoms with Crippen LogP contribution in [-0.2, 0) is 9.59 Å². The van der Waals surface area contributed by atoms with Crippen LogP contribution in [0.25, 0.3) is 0 Å². The van der Waals surface area contributed by atoms with E-state index in [1.165, 1.54) is 0 Å². The van der Waals surface area contributed by atoms with Gasteiger partial charge in [-0.3, -0.25) is 9.59 Å². The van der Waals surface area contributed by atoms with Crippen LogP contribution in [0.2, 0.25) is 10.0 Å². The van der Waals surface area contributed by atoms with Gasteiger partial charge in [-0.2, -0.15) is 0 Å². The summed E-state index contributed by atoms with van der Waals surface area (Å²) in [5.74, 6) is -0.536. The summed E-state index contributed by atoms with van der Waals surface area (Å²) in [5.41, 5.74) is 5.43. The lowest BCUT2D eigenvalue weighted by atomic mass is 10.2. The van der Waals surface area contributed by atoms with Gasteiger partial charge in [-0.05, 0) is 31.5 Å². The van der Waals surface area contributed by atoms with Gasteiger partial charge in [0.15, 0.2) is 0 Å². The van der Waals surface area contributed by atoms with E-state index in [9.17, 15) is 9.59 Å². The largest absolute Gasteiger partial charge is 0.370 e. The first-order chi connectivity index (χ1) is 9.50. The molecule has 0 aliphatic carbocycles. The first kappa shape index (κ1) is 16.8. The van der Waals surface area contributed by atoms with Gasteiger partial charge in [0.25, 0.3) is 0 Å². The monoisotopic (exact) mass is 317 g/mol. The minimum absolute atomic E-state index is 0.151. The zero-order chi connectivity index (χ0) is 15.0. The predicted molar refractivity (Wildman–Crippen MR) is 81.0 cm³/mol. The number of hydrogen-bond donors (Lipinski definition) is 3. The molecule has 20 heavy (non-hydrogen) atoms. The summed E-state index contributed by atoms with van der Waals surface area (Å²) in [6.07, 6.45) is 1.85. The molecule has 1 rings (SSSR count). The van der Waals surface area contributed by atoms with E-state index in [0.717, 1.165) is 6.42 Å². The fraction of sp³-hybridized carbons (Fsp3) is 0.385. The van der Waals surface area contributed by atoms with Crippen molar-refractivity contribution in [1.29, 1.82) is 0 Å². The van der Waals surface area contributed by atoms with Crippen molar-refractivity contribution in [3.63, 3.8) is 0 Å². The number of nitrogens with one attached hydrogen (secondary N) is 2. The molecule has 1 aromatic rings. The lowest BCUT2D eigenvalue weighted by molar-refractivity contribution is -0.118. The summed E-state index contributed by atoms with van der Waals surface area (Å²) >= 11 is 11.9. The number of nitrogens with two attached hydrogens (primary N) is 1. The van der Waals surface area contributed by atoms with Crippen LogP contribution >= 0.6 is 23.2 Å². The molecule has 0 atom stereocenters. The molecule has 0 aliphatic rings. The van der Waals surface area contributed by atoms with Gasteiger partial charge in [0.05, 0.1) is 22.3 Å². The van der Waals surface area contributed by atoms with E-state index in [2.05, 4.69) is 10.6 Å². The second kappa shape index (κ2) is 8.79. The number of benzene rings is 1. The van der Waals surface area contributed by atoms with Crippen LogP contribution in [0.3, 0.4) is 0 Å². The molecule has 4 N–H and O–H groups in total. The fourth-order valence-corrected chi connectivity index (χ4v) is 2.04. The maximum Gasteiger partial charge on any atom is 0.238 e. The lowest BCUT2D eigenvalue weighted by Crippen LogP contribution is -2.29. The van der Waals surface area contributed by atoms with Gasteiger partial charge in [-0.15, -0.1) is 0 Å². The number of unbranched alkanes of at least 4 members (excludes halogenated alkanes) is 1. The third-order valence-corrected chi connectivity index (χ3v) is 3.17. The van der Waals surface area contributed by atoms with Crippen LogP contribution in [0.1, 0.15) is 19.3 Å². The number of anilines is 1. The number of carbonyl (C=O) groups excluding carboxylic acids is 2. The Hall–Kier alpha value is -1.30. The lowest BCUT2D eigenvalue weighted by Gasteiger charge is -2.09. The molecular weight excluding hydrogens is 301 g/mol. The van der Waals surface area contributed by atoms with Gasteiger partial charge in [0.2, 0.25) is 11.8 Å². The molecule has 0 spiro atoms. The molecule has 0 aliphatic heterocycles. The van der Waals surface area contributed by atoms with Crippen molar-refractivity contribution >= 4 is 40.7 Å². The van der Waals surface area contributed by atoms with Gasteiger partial charge in [0.1, 0.15) is 0 Å². The SMILES string of the molecule is NC(=O)CCCCNCC(=O)Nc1c(Cl)cccc1Cl. The Labute approximate surface area is 127 Å². The standard InChI is InChI=1S/C13H17Cl2N3O2/c14-9-4-3-5-10(15)13(9)18-12(20)8-17-7-2-1-6-11(16)19/h3-5,17H,1-2,6-8H2,(H2,16,19)(H,18,20). The number of carbonyl (C=O) groups is 2. The van der Waals surface area contributed by atoms with E-state index in [1.54, 1.807) is 18.2 Å². The third kappa shape index (κ3) is 6.23. The van der Waals surface area contributed by atoms with Crippen LogP contribution in [0, 0.1) is 0 Å². The average Bonchev–Trinajstić information content (AvgIpc) is 2.38. The van der Waals surface area contributed by atoms with E-state index in [1.807, 2.05) is 0 Å². The molecule has 0 heterocycles. The van der Waals surface area contributed by atoms with Crippen molar-refractivity contribution in [3.8, 4) is 0 Å². The van der Waals surface area contributed by atoms with Gasteiger partial charge in [0, 0.05) is 6.42 Å². The highest BCUT2D eigenvalue weighted by atomic mass is 35.5. The first-order valence-electron chi connectivity index (χ1n) is 6.23. The Bertz CT molecular complexity index is 460. The van der Waals surface area contributed by atoms with Gasteiger partial charge >= 0.3 is 0 Å². The number of rotatable bonds is 8. The van der Waals surface area contributed by atoms with Crippen LogP contribution in [0.15, 0.2) is 18.2 Å². The number of halogens is 2. The fourth-order valence-electron chi connectivity index (χ4n) is 1.55. The maximum atomic E-state index is 11.7. The molecule has 0 bridgehead atoms. The van der Waals surface area contributed by atoms with Crippen LogP contribution in [0.4, 0.5) is 5.69 Å². The Morgan fingerprint density at radius 3 is 2.40 bits per heavy atom. The van der Waals surface area contributed by atoms with Crippen LogP contribution < -0.4 is 16.4 Å². The molecule has 110 valence electrons. The topological polar surface area (TPSA) is 84.2 Å². The zero-order valence-corrected chi connectivity index (χ0v) is 12.4. The number of amides is 2. The third-order valence-electron chi connectivity index (χ3n) is 2.54. The van der Waals surface area contributed by atoms with E-state index < -0.39 is 0 Å². The smallest absolute Gasteiger partial charge is 0.238 e. The Balaban J connectivity index is 2.25. The number of hydrogen-bond acceptors (Lipinski definition) is 3. The normalized spacial score (nSPS) is 10.3. The van der Waals surface area contributed by atoms with Crippen molar-refractivity contribution < 1.29 is 9.59 Å². The van der Waals surface area contributed by atoms with E-state index >= 15 is 0 Å². The molecule has 5 nitrogen and oxygen atoms in total. The molecule has 0 saturated heterocycles. The van der Waals surface area contributed by atoms with Gasteiger partial charge in [-0.1, -0.05) is 29.3 Å². The molecule has 0 fully saturated rings. The number of primary amides is 1. The van der Waals surface area contributed by atoms with Gasteiger partial charge < -0.3 is 16.4 Å². The highest BCUT2D eigenvalue weighted by molar-refractivity contribution is 6.39. The summed E-state index contributed by atoms with van der Waals surface area (Å²) in [5, 5.41) is 6.41.